The van der Waals surface area contributed by atoms with Gasteiger partial charge in [-0.05, 0) is 19.1 Å². The molecule has 0 fully saturated rings. The maximum atomic E-state index is 12.3. The van der Waals surface area contributed by atoms with Crippen molar-refractivity contribution in [3.63, 3.8) is 0 Å². The number of carbonyl (C=O) groups excluding carboxylic acids is 2. The molecule has 0 aliphatic rings. The van der Waals surface area contributed by atoms with Gasteiger partial charge in [0, 0.05) is 7.05 Å². The second kappa shape index (κ2) is 6.37. The highest BCUT2D eigenvalue weighted by Crippen LogP contribution is 2.22. The second-order valence-electron chi connectivity index (χ2n) is 4.43. The zero-order valence-corrected chi connectivity index (χ0v) is 12.6. The predicted octanol–water partition coefficient (Wildman–Crippen LogP) is 1.30. The molecule has 1 amide bonds. The van der Waals surface area contributed by atoms with Crippen LogP contribution in [-0.2, 0) is 4.79 Å². The Labute approximate surface area is 131 Å². The number of hydrogen-bond donors (Lipinski definition) is 1. The highest BCUT2D eigenvalue weighted by atomic mass is 35.5. The van der Waals surface area contributed by atoms with Gasteiger partial charge >= 0.3 is 0 Å². The van der Waals surface area contributed by atoms with Gasteiger partial charge in [-0.1, -0.05) is 28.9 Å². The molecule has 2 aromatic rings. The van der Waals surface area contributed by atoms with Crippen LogP contribution in [-0.4, -0.2) is 33.7 Å². The van der Waals surface area contributed by atoms with E-state index in [-0.39, 0.29) is 5.69 Å². The number of aromatic nitrogens is 3. The second-order valence-corrected chi connectivity index (χ2v) is 4.83. The summed E-state index contributed by atoms with van der Waals surface area (Å²) in [7, 11) is 1.35. The van der Waals surface area contributed by atoms with E-state index in [1.807, 2.05) is 0 Å². The molecule has 0 aliphatic heterocycles. The first-order valence-electron chi connectivity index (χ1n) is 6.34. The third-order valence-corrected chi connectivity index (χ3v) is 3.43. The van der Waals surface area contributed by atoms with Gasteiger partial charge in [0.15, 0.2) is 11.6 Å². The Bertz CT molecular complexity index is 778. The molecule has 0 bridgehead atoms. The Morgan fingerprint density at radius 2 is 2.09 bits per heavy atom. The Kier molecular flexibility index (Phi) is 4.53. The lowest BCUT2D eigenvalue weighted by Crippen LogP contribution is -2.32. The van der Waals surface area contributed by atoms with E-state index in [0.717, 1.165) is 0 Å². The minimum absolute atomic E-state index is 0.0323. The van der Waals surface area contributed by atoms with Crippen LogP contribution in [0.2, 0.25) is 5.02 Å². The van der Waals surface area contributed by atoms with Crippen LogP contribution in [0.3, 0.4) is 0 Å². The fraction of sp³-hybridized carbons (Fsp3) is 0.214. The lowest BCUT2D eigenvalue weighted by molar-refractivity contribution is -0.121. The summed E-state index contributed by atoms with van der Waals surface area (Å²) in [5.74, 6) is -2.84. The molecule has 7 nitrogen and oxygen atoms in total. The number of nitriles is 1. The van der Waals surface area contributed by atoms with Crippen molar-refractivity contribution in [2.45, 2.75) is 6.92 Å². The molecule has 0 unspecified atom stereocenters. The van der Waals surface area contributed by atoms with Crippen LogP contribution >= 0.6 is 11.6 Å². The lowest BCUT2D eigenvalue weighted by atomic mass is 10.0. The minimum atomic E-state index is -1.46. The number of amides is 1. The van der Waals surface area contributed by atoms with Crippen LogP contribution in [0.4, 0.5) is 0 Å². The van der Waals surface area contributed by atoms with Crippen LogP contribution < -0.4 is 5.32 Å². The van der Waals surface area contributed by atoms with Gasteiger partial charge in [0.25, 0.3) is 0 Å². The molecule has 1 aromatic carbocycles. The summed E-state index contributed by atoms with van der Waals surface area (Å²) in [6.45, 7) is 1.62. The van der Waals surface area contributed by atoms with Crippen molar-refractivity contribution < 1.29 is 9.59 Å². The van der Waals surface area contributed by atoms with Gasteiger partial charge in [-0.3, -0.25) is 9.59 Å². The Morgan fingerprint density at radius 1 is 1.41 bits per heavy atom. The van der Waals surface area contributed by atoms with Gasteiger partial charge in [-0.2, -0.15) is 5.26 Å². The van der Waals surface area contributed by atoms with Crippen LogP contribution in [0.25, 0.3) is 5.69 Å². The molecule has 0 aliphatic carbocycles. The van der Waals surface area contributed by atoms with Crippen LogP contribution in [0.15, 0.2) is 24.3 Å². The van der Waals surface area contributed by atoms with Crippen LogP contribution in [0.5, 0.6) is 0 Å². The summed E-state index contributed by atoms with van der Waals surface area (Å²) in [4.78, 5) is 23.9. The van der Waals surface area contributed by atoms with Crippen LogP contribution in [0, 0.1) is 24.2 Å². The number of carbonyl (C=O) groups is 2. The van der Waals surface area contributed by atoms with Crippen molar-refractivity contribution in [3.8, 4) is 11.8 Å². The van der Waals surface area contributed by atoms with Gasteiger partial charge in [0.2, 0.25) is 11.7 Å². The highest BCUT2D eigenvalue weighted by Gasteiger charge is 2.31. The van der Waals surface area contributed by atoms with Crippen molar-refractivity contribution in [3.05, 3.63) is 40.7 Å². The number of nitrogens with one attached hydrogen (secondary N) is 1. The van der Waals surface area contributed by atoms with Crippen LogP contribution in [0.1, 0.15) is 16.2 Å². The number of hydrogen-bond acceptors (Lipinski definition) is 5. The summed E-state index contributed by atoms with van der Waals surface area (Å²) in [6.07, 6.45) is 0. The monoisotopic (exact) mass is 317 g/mol. The van der Waals surface area contributed by atoms with E-state index in [1.54, 1.807) is 37.3 Å². The number of halogens is 1. The summed E-state index contributed by atoms with van der Waals surface area (Å²) >= 11 is 6.09. The third-order valence-electron chi connectivity index (χ3n) is 3.11. The maximum Gasteiger partial charge on any atom is 0.245 e. The first kappa shape index (κ1) is 15.7. The molecular weight excluding hydrogens is 306 g/mol. The minimum Gasteiger partial charge on any atom is -0.358 e. The molecule has 0 radical (unpaired) electrons. The summed E-state index contributed by atoms with van der Waals surface area (Å²) < 4.78 is 1.40. The molecule has 1 aromatic heterocycles. The van der Waals surface area contributed by atoms with Crippen molar-refractivity contribution >= 4 is 23.3 Å². The van der Waals surface area contributed by atoms with Gasteiger partial charge in [0.1, 0.15) is 0 Å². The topological polar surface area (TPSA) is 101 Å². The van der Waals surface area contributed by atoms with Gasteiger partial charge < -0.3 is 5.32 Å². The van der Waals surface area contributed by atoms with Crippen molar-refractivity contribution in [1.82, 2.24) is 20.3 Å². The molecule has 0 saturated carbocycles. The normalized spacial score (nSPS) is 11.5. The smallest absolute Gasteiger partial charge is 0.245 e. The van der Waals surface area contributed by atoms with E-state index >= 15 is 0 Å². The van der Waals surface area contributed by atoms with Gasteiger partial charge in [-0.25, -0.2) is 4.68 Å². The number of benzene rings is 1. The Morgan fingerprint density at radius 3 is 2.68 bits per heavy atom. The zero-order valence-electron chi connectivity index (χ0n) is 11.9. The van der Waals surface area contributed by atoms with Gasteiger partial charge in [0.05, 0.1) is 22.5 Å². The number of nitrogens with zero attached hydrogens (tertiary/aromatic N) is 4. The summed E-state index contributed by atoms with van der Waals surface area (Å²) in [6, 6.07) is 8.61. The maximum absolute atomic E-state index is 12.3. The Hall–Kier alpha value is -2.72. The molecule has 1 atom stereocenters. The molecule has 112 valence electrons. The predicted molar refractivity (Wildman–Crippen MR) is 78.6 cm³/mol. The Balaban J connectivity index is 2.44. The van der Waals surface area contributed by atoms with E-state index in [4.69, 9.17) is 16.9 Å². The molecule has 1 N–H and O–H groups in total. The average molecular weight is 318 g/mol. The average Bonchev–Trinajstić information content (AvgIpc) is 2.89. The molecular formula is C14H12ClN5O2. The SMILES string of the molecule is CNC(=O)[C@@H](C#N)C(=O)c1nnn(-c2ccccc2Cl)c1C. The lowest BCUT2D eigenvalue weighted by Gasteiger charge is -2.07. The standard InChI is InChI=1S/C14H12ClN5O2/c1-8-12(13(21)9(7-16)14(22)17-2)18-19-20(8)11-6-4-3-5-10(11)15/h3-6,9H,1-2H3,(H,17,22)/t9-/m0/s1. The van der Waals surface area contributed by atoms with Crippen molar-refractivity contribution in [2.75, 3.05) is 7.05 Å². The number of rotatable bonds is 4. The molecule has 8 heteroatoms. The summed E-state index contributed by atoms with van der Waals surface area (Å²) in [5, 5.41) is 19.4. The third kappa shape index (κ3) is 2.69. The molecule has 1 heterocycles. The number of Topliss-reactive ketones (excluding diaryl/α,β-unsaturated/α-hetero) is 1. The largest absolute Gasteiger partial charge is 0.358 e. The first-order valence-corrected chi connectivity index (χ1v) is 6.71. The quantitative estimate of drug-likeness (QED) is 0.676. The van der Waals surface area contributed by atoms with Crippen molar-refractivity contribution in [1.29, 1.82) is 5.26 Å². The van der Waals surface area contributed by atoms with E-state index in [2.05, 4.69) is 15.6 Å². The molecule has 0 spiro atoms. The van der Waals surface area contributed by atoms with Gasteiger partial charge in [-0.15, -0.1) is 5.10 Å². The summed E-state index contributed by atoms with van der Waals surface area (Å²) in [5.41, 5.74) is 0.930. The molecule has 2 rings (SSSR count). The van der Waals surface area contributed by atoms with E-state index in [9.17, 15) is 9.59 Å². The molecule has 0 saturated heterocycles. The fourth-order valence-corrected chi connectivity index (χ4v) is 2.14. The number of ketones is 1. The number of para-hydroxylation sites is 1. The van der Waals surface area contributed by atoms with E-state index < -0.39 is 17.6 Å². The van der Waals surface area contributed by atoms with E-state index in [0.29, 0.717) is 16.4 Å². The zero-order chi connectivity index (χ0) is 16.3. The fourth-order valence-electron chi connectivity index (χ4n) is 1.93. The highest BCUT2D eigenvalue weighted by molar-refractivity contribution is 6.32. The first-order chi connectivity index (χ1) is 10.5. The van der Waals surface area contributed by atoms with E-state index in [1.165, 1.54) is 11.7 Å². The van der Waals surface area contributed by atoms with Crippen molar-refractivity contribution in [2.24, 2.45) is 5.92 Å². The molecule has 22 heavy (non-hydrogen) atoms.